The van der Waals surface area contributed by atoms with Crippen LogP contribution < -0.4 is 15.8 Å². The normalized spacial score (nSPS) is 12.3. The van der Waals surface area contributed by atoms with Crippen LogP contribution in [0.2, 0.25) is 0 Å². The molecule has 100 valence electrons. The summed E-state index contributed by atoms with van der Waals surface area (Å²) in [6, 6.07) is 5.59. The zero-order chi connectivity index (χ0) is 13.5. The van der Waals surface area contributed by atoms with Crippen molar-refractivity contribution in [1.82, 2.24) is 5.32 Å². The summed E-state index contributed by atoms with van der Waals surface area (Å²) in [4.78, 5) is 11.8. The number of nitrogens with one attached hydrogen (secondary N) is 1. The van der Waals surface area contributed by atoms with Gasteiger partial charge in [0.05, 0.1) is 0 Å². The first-order valence-electron chi connectivity index (χ1n) is 5.58. The molecule has 3 N–H and O–H groups in total. The van der Waals surface area contributed by atoms with Crippen molar-refractivity contribution in [2.75, 3.05) is 6.54 Å². The minimum absolute atomic E-state index is 0.0378. The van der Waals surface area contributed by atoms with Crippen molar-refractivity contribution in [3.05, 3.63) is 29.8 Å². The van der Waals surface area contributed by atoms with Gasteiger partial charge in [-0.3, -0.25) is 4.79 Å². The fraction of sp³-hybridized carbons (Fsp3) is 0.417. The zero-order valence-electron chi connectivity index (χ0n) is 10.0. The molecule has 6 heteroatoms. The highest BCUT2D eigenvalue weighted by Gasteiger charge is 2.11. The standard InChI is InChI=1S/C12H16F2N2O2/c1-8(5-6-15)16-11(17)9-3-2-4-10(7-9)18-12(13)14/h2-4,7-8,12H,5-6,15H2,1H3,(H,16,17). The SMILES string of the molecule is CC(CCN)NC(=O)c1cccc(OC(F)F)c1. The van der Waals surface area contributed by atoms with Crippen molar-refractivity contribution in [1.29, 1.82) is 0 Å². The second kappa shape index (κ2) is 6.90. The molecular weight excluding hydrogens is 242 g/mol. The molecule has 1 amide bonds. The van der Waals surface area contributed by atoms with E-state index in [2.05, 4.69) is 10.1 Å². The van der Waals surface area contributed by atoms with E-state index >= 15 is 0 Å². The lowest BCUT2D eigenvalue weighted by atomic mass is 10.1. The van der Waals surface area contributed by atoms with Crippen LogP contribution in [0.15, 0.2) is 24.3 Å². The number of nitrogens with two attached hydrogens (primary N) is 1. The van der Waals surface area contributed by atoms with Crippen molar-refractivity contribution >= 4 is 5.91 Å². The van der Waals surface area contributed by atoms with Crippen LogP contribution in [0.25, 0.3) is 0 Å². The summed E-state index contributed by atoms with van der Waals surface area (Å²) < 4.78 is 28.3. The molecule has 0 aliphatic heterocycles. The molecule has 0 heterocycles. The van der Waals surface area contributed by atoms with Crippen LogP contribution in [-0.4, -0.2) is 25.1 Å². The third-order valence-corrected chi connectivity index (χ3v) is 2.30. The maximum absolute atomic E-state index is 12.0. The Hall–Kier alpha value is -1.69. The summed E-state index contributed by atoms with van der Waals surface area (Å²) in [6.07, 6.45) is 0.652. The van der Waals surface area contributed by atoms with E-state index in [9.17, 15) is 13.6 Å². The zero-order valence-corrected chi connectivity index (χ0v) is 10.0. The number of alkyl halides is 2. The Labute approximate surface area is 104 Å². The van der Waals surface area contributed by atoms with E-state index in [0.29, 0.717) is 13.0 Å². The molecule has 1 atom stereocenters. The van der Waals surface area contributed by atoms with Crippen molar-refractivity contribution in [3.63, 3.8) is 0 Å². The molecule has 0 saturated carbocycles. The fourth-order valence-electron chi connectivity index (χ4n) is 1.44. The van der Waals surface area contributed by atoms with Gasteiger partial charge in [0.25, 0.3) is 5.91 Å². The molecule has 0 aromatic heterocycles. The number of carbonyl (C=O) groups is 1. The van der Waals surface area contributed by atoms with Gasteiger partial charge in [-0.15, -0.1) is 0 Å². The van der Waals surface area contributed by atoms with E-state index in [1.807, 2.05) is 6.92 Å². The topological polar surface area (TPSA) is 64.3 Å². The first-order chi connectivity index (χ1) is 8.52. The average Bonchev–Trinajstić information content (AvgIpc) is 2.28. The van der Waals surface area contributed by atoms with Crippen LogP contribution in [-0.2, 0) is 0 Å². The lowest BCUT2D eigenvalue weighted by Crippen LogP contribution is -2.34. The van der Waals surface area contributed by atoms with Crippen molar-refractivity contribution in [2.24, 2.45) is 5.73 Å². The minimum atomic E-state index is -2.90. The highest BCUT2D eigenvalue weighted by Crippen LogP contribution is 2.16. The molecule has 0 spiro atoms. The molecule has 0 saturated heterocycles. The highest BCUT2D eigenvalue weighted by atomic mass is 19.3. The molecule has 1 aromatic carbocycles. The van der Waals surface area contributed by atoms with E-state index in [-0.39, 0.29) is 23.3 Å². The molecule has 4 nitrogen and oxygen atoms in total. The van der Waals surface area contributed by atoms with Crippen LogP contribution in [0, 0.1) is 0 Å². The molecule has 0 fully saturated rings. The number of rotatable bonds is 6. The third-order valence-electron chi connectivity index (χ3n) is 2.30. The van der Waals surface area contributed by atoms with Crippen LogP contribution in [0.3, 0.4) is 0 Å². The van der Waals surface area contributed by atoms with Crippen LogP contribution in [0.4, 0.5) is 8.78 Å². The smallest absolute Gasteiger partial charge is 0.387 e. The molecule has 18 heavy (non-hydrogen) atoms. The van der Waals surface area contributed by atoms with Gasteiger partial charge in [0.15, 0.2) is 0 Å². The van der Waals surface area contributed by atoms with Gasteiger partial charge in [0, 0.05) is 11.6 Å². The van der Waals surface area contributed by atoms with Crippen LogP contribution in [0.5, 0.6) is 5.75 Å². The Morgan fingerprint density at radius 1 is 1.50 bits per heavy atom. The molecule has 1 rings (SSSR count). The Morgan fingerprint density at radius 3 is 2.83 bits per heavy atom. The molecule has 0 bridgehead atoms. The van der Waals surface area contributed by atoms with Gasteiger partial charge in [0.2, 0.25) is 0 Å². The minimum Gasteiger partial charge on any atom is -0.435 e. The third kappa shape index (κ3) is 4.67. The highest BCUT2D eigenvalue weighted by molar-refractivity contribution is 5.94. The molecular formula is C12H16F2N2O2. The number of benzene rings is 1. The van der Waals surface area contributed by atoms with E-state index in [0.717, 1.165) is 0 Å². The van der Waals surface area contributed by atoms with Crippen LogP contribution >= 0.6 is 0 Å². The maximum Gasteiger partial charge on any atom is 0.387 e. The van der Waals surface area contributed by atoms with Gasteiger partial charge >= 0.3 is 6.61 Å². The number of halogens is 2. The van der Waals surface area contributed by atoms with Gasteiger partial charge in [-0.2, -0.15) is 8.78 Å². The van der Waals surface area contributed by atoms with E-state index in [1.54, 1.807) is 0 Å². The summed E-state index contributed by atoms with van der Waals surface area (Å²) in [7, 11) is 0. The number of carbonyl (C=O) groups excluding carboxylic acids is 1. The van der Waals surface area contributed by atoms with Gasteiger partial charge in [-0.1, -0.05) is 6.07 Å². The van der Waals surface area contributed by atoms with Gasteiger partial charge < -0.3 is 15.8 Å². The lowest BCUT2D eigenvalue weighted by molar-refractivity contribution is -0.0498. The quantitative estimate of drug-likeness (QED) is 0.817. The molecule has 0 aliphatic rings. The van der Waals surface area contributed by atoms with E-state index < -0.39 is 6.61 Å². The Kier molecular flexibility index (Phi) is 5.51. The summed E-state index contributed by atoms with van der Waals surface area (Å²) in [5, 5.41) is 2.72. The number of hydrogen-bond donors (Lipinski definition) is 2. The summed E-state index contributed by atoms with van der Waals surface area (Å²) in [5.41, 5.74) is 5.64. The maximum atomic E-state index is 12.0. The second-order valence-corrected chi connectivity index (χ2v) is 3.86. The molecule has 0 radical (unpaired) electrons. The van der Waals surface area contributed by atoms with Gasteiger partial charge in [-0.25, -0.2) is 0 Å². The predicted octanol–water partition coefficient (Wildman–Crippen LogP) is 1.76. The summed E-state index contributed by atoms with van der Waals surface area (Å²) in [5.74, 6) is -0.375. The first kappa shape index (κ1) is 14.4. The van der Waals surface area contributed by atoms with Gasteiger partial charge in [-0.05, 0) is 38.1 Å². The monoisotopic (exact) mass is 258 g/mol. The molecule has 1 unspecified atom stereocenters. The largest absolute Gasteiger partial charge is 0.435 e. The summed E-state index contributed by atoms with van der Waals surface area (Å²) in [6.45, 7) is -0.611. The van der Waals surface area contributed by atoms with Crippen molar-refractivity contribution in [2.45, 2.75) is 26.0 Å². The fourth-order valence-corrected chi connectivity index (χ4v) is 1.44. The summed E-state index contributed by atoms with van der Waals surface area (Å²) >= 11 is 0. The number of ether oxygens (including phenoxy) is 1. The van der Waals surface area contributed by atoms with E-state index in [4.69, 9.17) is 5.73 Å². The Balaban J connectivity index is 2.68. The van der Waals surface area contributed by atoms with Crippen LogP contribution in [0.1, 0.15) is 23.7 Å². The molecule has 1 aromatic rings. The second-order valence-electron chi connectivity index (χ2n) is 3.86. The number of amides is 1. The Morgan fingerprint density at radius 2 is 2.22 bits per heavy atom. The Bertz CT molecular complexity index is 399. The van der Waals surface area contributed by atoms with Crippen molar-refractivity contribution in [3.8, 4) is 5.75 Å². The first-order valence-corrected chi connectivity index (χ1v) is 5.58. The van der Waals surface area contributed by atoms with E-state index in [1.165, 1.54) is 24.3 Å². The number of hydrogen-bond acceptors (Lipinski definition) is 3. The predicted molar refractivity (Wildman–Crippen MR) is 63.7 cm³/mol. The molecule has 0 aliphatic carbocycles. The van der Waals surface area contributed by atoms with Gasteiger partial charge in [0.1, 0.15) is 5.75 Å². The lowest BCUT2D eigenvalue weighted by Gasteiger charge is -2.13. The van der Waals surface area contributed by atoms with Crippen molar-refractivity contribution < 1.29 is 18.3 Å². The average molecular weight is 258 g/mol.